The first-order valence-corrected chi connectivity index (χ1v) is 9.72. The van der Waals surface area contributed by atoms with Gasteiger partial charge in [0.05, 0.1) is 17.8 Å². The summed E-state index contributed by atoms with van der Waals surface area (Å²) in [5, 5.41) is 9.72. The highest BCUT2D eigenvalue weighted by Gasteiger charge is 2.29. The van der Waals surface area contributed by atoms with E-state index in [9.17, 15) is 18.4 Å². The number of hydroxylamine groups is 2. The summed E-state index contributed by atoms with van der Waals surface area (Å²) in [7, 11) is -3.70. The van der Waals surface area contributed by atoms with Crippen LogP contribution in [-0.4, -0.2) is 36.6 Å². The van der Waals surface area contributed by atoms with Gasteiger partial charge < -0.3 is 0 Å². The molecule has 1 heterocycles. The molecule has 0 saturated heterocycles. The van der Waals surface area contributed by atoms with Gasteiger partial charge in [-0.05, 0) is 23.3 Å². The van der Waals surface area contributed by atoms with Gasteiger partial charge in [-0.15, -0.1) is 0 Å². The Morgan fingerprint density at radius 1 is 1.08 bits per heavy atom. The topological polar surface area (TPSA) is 87.6 Å². The van der Waals surface area contributed by atoms with Crippen LogP contribution in [0.4, 0.5) is 0 Å². The number of hydrogen-bond donors (Lipinski definition) is 1. The van der Waals surface area contributed by atoms with Crippen molar-refractivity contribution in [3.05, 3.63) is 78.0 Å². The van der Waals surface area contributed by atoms with Crippen LogP contribution in [0.1, 0.15) is 16.4 Å². The Kier molecular flexibility index (Phi) is 5.29. The van der Waals surface area contributed by atoms with Crippen molar-refractivity contribution >= 4 is 27.2 Å². The van der Waals surface area contributed by atoms with E-state index in [1.54, 1.807) is 42.6 Å². The number of aromatic nitrogens is 1. The standard InChI is InChI=1S/C19H18N2O4S/c22-14-21(23)12-19(16-6-2-1-3-7-16)26(24,25)13-15-10-17-8-4-5-9-18(17)20-11-15/h1-11,14,19,23H,12-13H2. The number of carbonyl (C=O) groups excluding carboxylic acids is 1. The average molecular weight is 370 g/mol. The Labute approximate surface area is 151 Å². The lowest BCUT2D eigenvalue weighted by Gasteiger charge is -2.21. The molecule has 0 aliphatic carbocycles. The van der Waals surface area contributed by atoms with Crippen LogP contribution in [0.15, 0.2) is 66.9 Å². The molecule has 0 saturated carbocycles. The summed E-state index contributed by atoms with van der Waals surface area (Å²) in [4.78, 5) is 15.1. The lowest BCUT2D eigenvalue weighted by molar-refractivity contribution is -0.149. The van der Waals surface area contributed by atoms with Crippen molar-refractivity contribution in [2.45, 2.75) is 11.0 Å². The molecule has 2 aromatic carbocycles. The molecule has 0 bridgehead atoms. The highest BCUT2D eigenvalue weighted by molar-refractivity contribution is 7.90. The number of rotatable bonds is 7. The maximum absolute atomic E-state index is 13.0. The largest absolute Gasteiger partial charge is 0.286 e. The molecule has 26 heavy (non-hydrogen) atoms. The molecule has 1 amide bonds. The van der Waals surface area contributed by atoms with Crippen LogP contribution in [0.3, 0.4) is 0 Å². The first kappa shape index (κ1) is 18.0. The summed E-state index contributed by atoms with van der Waals surface area (Å²) >= 11 is 0. The Balaban J connectivity index is 1.94. The van der Waals surface area contributed by atoms with Crippen LogP contribution in [0.2, 0.25) is 0 Å². The average Bonchev–Trinajstić information content (AvgIpc) is 2.66. The summed E-state index contributed by atoms with van der Waals surface area (Å²) in [6, 6.07) is 17.8. The fourth-order valence-corrected chi connectivity index (χ4v) is 4.61. The predicted molar refractivity (Wildman–Crippen MR) is 98.1 cm³/mol. The zero-order chi connectivity index (χ0) is 18.6. The molecule has 134 valence electrons. The van der Waals surface area contributed by atoms with Crippen LogP contribution in [0.25, 0.3) is 10.9 Å². The van der Waals surface area contributed by atoms with Gasteiger partial charge in [0.2, 0.25) is 6.41 Å². The minimum absolute atomic E-state index is 0.197. The van der Waals surface area contributed by atoms with Crippen LogP contribution < -0.4 is 0 Å². The van der Waals surface area contributed by atoms with Gasteiger partial charge in [0.25, 0.3) is 0 Å². The Hall–Kier alpha value is -2.77. The number of amides is 1. The first-order chi connectivity index (χ1) is 12.5. The van der Waals surface area contributed by atoms with Crippen LogP contribution in [0.5, 0.6) is 0 Å². The van der Waals surface area contributed by atoms with Gasteiger partial charge in [0, 0.05) is 11.6 Å². The number of carbonyl (C=O) groups is 1. The Morgan fingerprint density at radius 3 is 2.50 bits per heavy atom. The van der Waals surface area contributed by atoms with E-state index in [4.69, 9.17) is 0 Å². The Bertz CT molecular complexity index is 1010. The van der Waals surface area contributed by atoms with E-state index in [1.807, 2.05) is 24.3 Å². The zero-order valence-electron chi connectivity index (χ0n) is 13.9. The number of fused-ring (bicyclic) bond motifs is 1. The molecular formula is C19H18N2O4S. The molecule has 6 nitrogen and oxygen atoms in total. The molecule has 0 fully saturated rings. The summed E-state index contributed by atoms with van der Waals surface area (Å²) in [6.45, 7) is -0.336. The van der Waals surface area contributed by atoms with Crippen molar-refractivity contribution in [1.82, 2.24) is 10.0 Å². The van der Waals surface area contributed by atoms with Gasteiger partial charge in [0.1, 0.15) is 5.25 Å². The number of sulfone groups is 1. The van der Waals surface area contributed by atoms with Gasteiger partial charge in [0.15, 0.2) is 9.84 Å². The van der Waals surface area contributed by atoms with Crippen molar-refractivity contribution in [2.24, 2.45) is 0 Å². The molecular weight excluding hydrogens is 352 g/mol. The monoisotopic (exact) mass is 370 g/mol. The van der Waals surface area contributed by atoms with Crippen LogP contribution in [-0.2, 0) is 20.4 Å². The van der Waals surface area contributed by atoms with E-state index < -0.39 is 15.1 Å². The second-order valence-corrected chi connectivity index (χ2v) is 8.15. The van der Waals surface area contributed by atoms with E-state index in [2.05, 4.69) is 4.98 Å². The second-order valence-electron chi connectivity index (χ2n) is 5.97. The van der Waals surface area contributed by atoms with Crippen LogP contribution >= 0.6 is 0 Å². The van der Waals surface area contributed by atoms with Gasteiger partial charge in [-0.2, -0.15) is 0 Å². The maximum Gasteiger partial charge on any atom is 0.233 e. The predicted octanol–water partition coefficient (Wildman–Crippen LogP) is 2.74. The molecule has 3 aromatic rings. The molecule has 1 aromatic heterocycles. The lowest BCUT2D eigenvalue weighted by atomic mass is 10.1. The number of benzene rings is 2. The molecule has 0 aliphatic rings. The SMILES string of the molecule is O=CN(O)CC(c1ccccc1)S(=O)(=O)Cc1cnc2ccccc2c1. The van der Waals surface area contributed by atoms with Crippen LogP contribution in [0, 0.1) is 0 Å². The third kappa shape index (κ3) is 4.07. The normalized spacial score (nSPS) is 12.7. The molecule has 1 atom stereocenters. The van der Waals surface area contributed by atoms with Crippen molar-refractivity contribution in [1.29, 1.82) is 0 Å². The zero-order valence-corrected chi connectivity index (χ0v) is 14.7. The van der Waals surface area contributed by atoms with Crippen molar-refractivity contribution in [3.63, 3.8) is 0 Å². The van der Waals surface area contributed by atoms with E-state index in [-0.39, 0.29) is 18.7 Å². The number of hydrogen-bond acceptors (Lipinski definition) is 5. The maximum atomic E-state index is 13.0. The third-order valence-electron chi connectivity index (χ3n) is 4.09. The highest BCUT2D eigenvalue weighted by Crippen LogP contribution is 2.27. The molecule has 3 rings (SSSR count). The first-order valence-electron chi connectivity index (χ1n) is 8.00. The summed E-state index contributed by atoms with van der Waals surface area (Å²) in [5.41, 5.74) is 1.86. The number of nitrogens with zero attached hydrogens (tertiary/aromatic N) is 2. The van der Waals surface area contributed by atoms with Gasteiger partial charge >= 0.3 is 0 Å². The lowest BCUT2D eigenvalue weighted by Crippen LogP contribution is -2.29. The molecule has 0 radical (unpaired) electrons. The minimum atomic E-state index is -3.70. The molecule has 1 N–H and O–H groups in total. The Morgan fingerprint density at radius 2 is 1.77 bits per heavy atom. The molecule has 0 aliphatic heterocycles. The third-order valence-corrected chi connectivity index (χ3v) is 6.12. The van der Waals surface area contributed by atoms with Crippen molar-refractivity contribution < 1.29 is 18.4 Å². The highest BCUT2D eigenvalue weighted by atomic mass is 32.2. The summed E-state index contributed by atoms with van der Waals surface area (Å²) in [6.07, 6.45) is 1.74. The van der Waals surface area contributed by atoms with Crippen molar-refractivity contribution in [3.8, 4) is 0 Å². The van der Waals surface area contributed by atoms with Gasteiger partial charge in [-0.1, -0.05) is 48.5 Å². The van der Waals surface area contributed by atoms with E-state index in [0.717, 1.165) is 10.9 Å². The summed E-state index contributed by atoms with van der Waals surface area (Å²) < 4.78 is 26.0. The minimum Gasteiger partial charge on any atom is -0.286 e. The van der Waals surface area contributed by atoms with Crippen molar-refractivity contribution in [2.75, 3.05) is 6.54 Å². The van der Waals surface area contributed by atoms with E-state index >= 15 is 0 Å². The molecule has 1 unspecified atom stereocenters. The van der Waals surface area contributed by atoms with Gasteiger partial charge in [-0.3, -0.25) is 15.0 Å². The molecule has 0 spiro atoms. The number of pyridine rings is 1. The number of para-hydroxylation sites is 1. The smallest absolute Gasteiger partial charge is 0.233 e. The molecule has 7 heteroatoms. The summed E-state index contributed by atoms with van der Waals surface area (Å²) in [5.74, 6) is -0.239. The second kappa shape index (κ2) is 7.63. The van der Waals surface area contributed by atoms with E-state index in [0.29, 0.717) is 16.2 Å². The quantitative estimate of drug-likeness (QED) is 0.392. The van der Waals surface area contributed by atoms with E-state index in [1.165, 1.54) is 0 Å². The van der Waals surface area contributed by atoms with Gasteiger partial charge in [-0.25, -0.2) is 13.5 Å². The fourth-order valence-electron chi connectivity index (χ4n) is 2.84. The fraction of sp³-hybridized carbons (Fsp3) is 0.158.